The van der Waals surface area contributed by atoms with Crippen molar-refractivity contribution in [3.63, 3.8) is 0 Å². The van der Waals surface area contributed by atoms with Crippen LogP contribution in [0.5, 0.6) is 11.5 Å². The fourth-order valence-electron chi connectivity index (χ4n) is 3.15. The van der Waals surface area contributed by atoms with Gasteiger partial charge in [-0.05, 0) is 61.7 Å². The number of urea groups is 1. The summed E-state index contributed by atoms with van der Waals surface area (Å²) in [7, 11) is 0. The maximum atomic E-state index is 13.1. The van der Waals surface area contributed by atoms with Crippen molar-refractivity contribution in [2.24, 2.45) is 0 Å². The topological polar surface area (TPSA) is 84.9 Å². The summed E-state index contributed by atoms with van der Waals surface area (Å²) in [5, 5.41) is 2.25. The molecule has 1 aliphatic heterocycles. The van der Waals surface area contributed by atoms with Crippen molar-refractivity contribution in [2.75, 3.05) is 18.1 Å². The van der Waals surface area contributed by atoms with Gasteiger partial charge >= 0.3 is 6.03 Å². The zero-order valence-corrected chi connectivity index (χ0v) is 17.7. The van der Waals surface area contributed by atoms with Gasteiger partial charge in [-0.25, -0.2) is 9.69 Å². The van der Waals surface area contributed by atoms with E-state index >= 15 is 0 Å². The Hall–Kier alpha value is -3.87. The number of carbonyl (C=O) groups is 3. The Bertz CT molecular complexity index is 1090. The molecule has 1 aliphatic rings. The molecule has 0 aromatic heterocycles. The predicted molar refractivity (Wildman–Crippen MR) is 118 cm³/mol. The normalized spacial score (nSPS) is 15.1. The van der Waals surface area contributed by atoms with Crippen LogP contribution >= 0.6 is 0 Å². The molecule has 7 heteroatoms. The number of hydrogen-bond donors (Lipinski definition) is 1. The highest BCUT2D eigenvalue weighted by Gasteiger charge is 2.37. The number of rotatable bonds is 7. The minimum atomic E-state index is -0.774. The molecule has 2 aromatic carbocycles. The summed E-state index contributed by atoms with van der Waals surface area (Å²) in [6, 6.07) is 9.74. The lowest BCUT2D eigenvalue weighted by atomic mass is 10.0. The van der Waals surface area contributed by atoms with E-state index in [4.69, 9.17) is 9.47 Å². The summed E-state index contributed by atoms with van der Waals surface area (Å²) in [4.78, 5) is 39.0. The fraction of sp³-hybridized carbons (Fsp3) is 0.208. The molecule has 0 atom stereocenters. The second kappa shape index (κ2) is 9.30. The van der Waals surface area contributed by atoms with Crippen molar-refractivity contribution in [1.29, 1.82) is 0 Å². The molecule has 0 aliphatic carbocycles. The molecular weight excluding hydrogens is 396 g/mol. The first-order valence-electron chi connectivity index (χ1n) is 9.85. The van der Waals surface area contributed by atoms with E-state index in [0.29, 0.717) is 36.0 Å². The number of benzene rings is 2. The Morgan fingerprint density at radius 3 is 2.52 bits per heavy atom. The highest BCUT2D eigenvalue weighted by Crippen LogP contribution is 2.31. The standard InChI is InChI=1S/C24H24N2O5/c1-5-11-31-20-10-9-17(14-21(20)30-6-2)13-18-22(27)25-24(29)26(23(18)28)19-12-15(3)7-8-16(19)4/h5,7-10,12-14H,1,6,11H2,2-4H3,(H,25,27,29)/b18-13+. The maximum Gasteiger partial charge on any atom is 0.335 e. The van der Waals surface area contributed by atoms with Crippen molar-refractivity contribution >= 4 is 29.6 Å². The van der Waals surface area contributed by atoms with Crippen LogP contribution in [-0.4, -0.2) is 31.1 Å². The molecular formula is C24H24N2O5. The second-order valence-corrected chi connectivity index (χ2v) is 6.99. The molecule has 31 heavy (non-hydrogen) atoms. The molecule has 0 unspecified atom stereocenters. The number of anilines is 1. The van der Waals surface area contributed by atoms with E-state index in [0.717, 1.165) is 16.0 Å². The summed E-state index contributed by atoms with van der Waals surface area (Å²) in [5.74, 6) is -0.436. The predicted octanol–water partition coefficient (Wildman–Crippen LogP) is 3.93. The van der Waals surface area contributed by atoms with E-state index in [9.17, 15) is 14.4 Å². The summed E-state index contributed by atoms with van der Waals surface area (Å²) in [6.07, 6.45) is 3.05. The van der Waals surface area contributed by atoms with Crippen molar-refractivity contribution in [3.05, 3.63) is 71.3 Å². The fourth-order valence-corrected chi connectivity index (χ4v) is 3.15. The van der Waals surface area contributed by atoms with Crippen LogP contribution in [0.1, 0.15) is 23.6 Å². The molecule has 4 amide bonds. The van der Waals surface area contributed by atoms with Gasteiger partial charge in [-0.15, -0.1) is 0 Å². The number of amides is 4. The number of nitrogens with one attached hydrogen (secondary N) is 1. The number of ether oxygens (including phenoxy) is 2. The van der Waals surface area contributed by atoms with Crippen LogP contribution in [0.3, 0.4) is 0 Å². The first-order chi connectivity index (χ1) is 14.8. The van der Waals surface area contributed by atoms with Gasteiger partial charge < -0.3 is 9.47 Å². The van der Waals surface area contributed by atoms with E-state index < -0.39 is 17.8 Å². The monoisotopic (exact) mass is 420 g/mol. The molecule has 7 nitrogen and oxygen atoms in total. The quantitative estimate of drug-likeness (QED) is 0.417. The van der Waals surface area contributed by atoms with Crippen LogP contribution < -0.4 is 19.7 Å². The summed E-state index contributed by atoms with van der Waals surface area (Å²) >= 11 is 0. The Morgan fingerprint density at radius 1 is 1.03 bits per heavy atom. The van der Waals surface area contributed by atoms with Gasteiger partial charge in [0.25, 0.3) is 11.8 Å². The van der Waals surface area contributed by atoms with Gasteiger partial charge in [-0.1, -0.05) is 30.9 Å². The van der Waals surface area contributed by atoms with E-state index in [1.54, 1.807) is 37.3 Å². The second-order valence-electron chi connectivity index (χ2n) is 6.99. The van der Waals surface area contributed by atoms with Crippen LogP contribution in [-0.2, 0) is 9.59 Å². The summed E-state index contributed by atoms with van der Waals surface area (Å²) in [6.45, 7) is 9.85. The average molecular weight is 420 g/mol. The third-order valence-corrected chi connectivity index (χ3v) is 4.64. The van der Waals surface area contributed by atoms with Gasteiger partial charge in [0.05, 0.1) is 12.3 Å². The molecule has 160 valence electrons. The Labute approximate surface area is 181 Å². The van der Waals surface area contributed by atoms with Crippen molar-refractivity contribution in [2.45, 2.75) is 20.8 Å². The highest BCUT2D eigenvalue weighted by molar-refractivity contribution is 6.39. The lowest BCUT2D eigenvalue weighted by Gasteiger charge is -2.27. The smallest absolute Gasteiger partial charge is 0.335 e. The van der Waals surface area contributed by atoms with Crippen LogP contribution in [0, 0.1) is 13.8 Å². The molecule has 1 fully saturated rings. The number of hydrogen-bond acceptors (Lipinski definition) is 5. The van der Waals surface area contributed by atoms with Gasteiger partial charge in [-0.2, -0.15) is 0 Å². The van der Waals surface area contributed by atoms with Crippen LogP contribution in [0.25, 0.3) is 6.08 Å². The van der Waals surface area contributed by atoms with Crippen molar-refractivity contribution in [1.82, 2.24) is 5.32 Å². The van der Waals surface area contributed by atoms with Gasteiger partial charge in [0.15, 0.2) is 11.5 Å². The minimum absolute atomic E-state index is 0.150. The Kier molecular flexibility index (Phi) is 6.55. The molecule has 0 radical (unpaired) electrons. The van der Waals surface area contributed by atoms with Gasteiger partial charge in [0.2, 0.25) is 0 Å². The average Bonchev–Trinajstić information content (AvgIpc) is 2.73. The molecule has 1 heterocycles. The van der Waals surface area contributed by atoms with Crippen LogP contribution in [0.15, 0.2) is 54.6 Å². The van der Waals surface area contributed by atoms with E-state index in [1.807, 2.05) is 26.0 Å². The number of barbiturate groups is 1. The molecule has 1 saturated heterocycles. The molecule has 1 N–H and O–H groups in total. The Balaban J connectivity index is 2.00. The third kappa shape index (κ3) is 4.66. The van der Waals surface area contributed by atoms with Crippen LogP contribution in [0.4, 0.5) is 10.5 Å². The summed E-state index contributed by atoms with van der Waals surface area (Å²) in [5.41, 5.74) is 2.47. The molecule has 0 spiro atoms. The number of imide groups is 2. The Morgan fingerprint density at radius 2 is 1.81 bits per heavy atom. The largest absolute Gasteiger partial charge is 0.490 e. The first-order valence-corrected chi connectivity index (χ1v) is 9.85. The summed E-state index contributed by atoms with van der Waals surface area (Å²) < 4.78 is 11.2. The molecule has 3 rings (SSSR count). The molecule has 0 saturated carbocycles. The van der Waals surface area contributed by atoms with Crippen molar-refractivity contribution in [3.8, 4) is 11.5 Å². The van der Waals surface area contributed by atoms with Crippen molar-refractivity contribution < 1.29 is 23.9 Å². The van der Waals surface area contributed by atoms with Gasteiger partial charge in [0, 0.05) is 0 Å². The number of carbonyl (C=O) groups excluding carboxylic acids is 3. The maximum absolute atomic E-state index is 13.1. The molecule has 2 aromatic rings. The molecule has 0 bridgehead atoms. The number of aryl methyl sites for hydroxylation is 2. The van der Waals surface area contributed by atoms with E-state index in [2.05, 4.69) is 11.9 Å². The van der Waals surface area contributed by atoms with E-state index in [1.165, 1.54) is 6.08 Å². The highest BCUT2D eigenvalue weighted by atomic mass is 16.5. The van der Waals surface area contributed by atoms with Crippen LogP contribution in [0.2, 0.25) is 0 Å². The zero-order chi connectivity index (χ0) is 22.5. The van der Waals surface area contributed by atoms with Gasteiger partial charge in [-0.3, -0.25) is 14.9 Å². The first kappa shape index (κ1) is 21.8. The minimum Gasteiger partial charge on any atom is -0.490 e. The SMILES string of the molecule is C=CCOc1ccc(/C=C2\C(=O)NC(=O)N(c3cc(C)ccc3C)C2=O)cc1OCC. The lowest BCUT2D eigenvalue weighted by Crippen LogP contribution is -2.54. The van der Waals surface area contributed by atoms with E-state index in [-0.39, 0.29) is 5.57 Å². The van der Waals surface area contributed by atoms with Gasteiger partial charge in [0.1, 0.15) is 12.2 Å². The third-order valence-electron chi connectivity index (χ3n) is 4.64. The zero-order valence-electron chi connectivity index (χ0n) is 17.7. The number of nitrogens with zero attached hydrogens (tertiary/aromatic N) is 1. The lowest BCUT2D eigenvalue weighted by molar-refractivity contribution is -0.122.